The SMILES string of the molecule is Nc1cccc(C(=O)Nc2ccc(Cl)cn2)c1C(=O)N1CCC(=O)CC1. The number of nitrogens with one attached hydrogen (secondary N) is 1. The van der Waals surface area contributed by atoms with Crippen LogP contribution in [0.4, 0.5) is 11.5 Å². The van der Waals surface area contributed by atoms with E-state index in [2.05, 4.69) is 10.3 Å². The summed E-state index contributed by atoms with van der Waals surface area (Å²) in [6.45, 7) is 0.650. The predicted molar refractivity (Wildman–Crippen MR) is 98.2 cm³/mol. The second-order valence-corrected chi connectivity index (χ2v) is 6.35. The largest absolute Gasteiger partial charge is 0.398 e. The number of halogens is 1. The number of hydrogen-bond donors (Lipinski definition) is 2. The van der Waals surface area contributed by atoms with E-state index >= 15 is 0 Å². The van der Waals surface area contributed by atoms with Crippen LogP contribution in [0.15, 0.2) is 36.5 Å². The van der Waals surface area contributed by atoms with Crippen LogP contribution in [0, 0.1) is 0 Å². The first-order valence-corrected chi connectivity index (χ1v) is 8.46. The van der Waals surface area contributed by atoms with E-state index < -0.39 is 5.91 Å². The number of amides is 2. The van der Waals surface area contributed by atoms with Crippen molar-refractivity contribution >= 4 is 40.7 Å². The van der Waals surface area contributed by atoms with Gasteiger partial charge in [-0.15, -0.1) is 0 Å². The number of nitrogens with two attached hydrogens (primary N) is 1. The molecule has 0 unspecified atom stereocenters. The Morgan fingerprint density at radius 1 is 1.15 bits per heavy atom. The molecule has 1 aliphatic heterocycles. The highest BCUT2D eigenvalue weighted by Crippen LogP contribution is 2.22. The molecule has 0 atom stereocenters. The number of nitrogen functional groups attached to an aromatic ring is 1. The Kier molecular flexibility index (Phi) is 5.18. The summed E-state index contributed by atoms with van der Waals surface area (Å²) in [6.07, 6.45) is 2.04. The smallest absolute Gasteiger partial charge is 0.257 e. The molecule has 26 heavy (non-hydrogen) atoms. The normalized spacial score (nSPS) is 14.2. The molecule has 1 aromatic heterocycles. The zero-order chi connectivity index (χ0) is 18.7. The molecule has 7 nitrogen and oxygen atoms in total. The lowest BCUT2D eigenvalue weighted by Gasteiger charge is -2.27. The summed E-state index contributed by atoms with van der Waals surface area (Å²) in [5, 5.41) is 3.08. The third-order valence-electron chi connectivity index (χ3n) is 4.13. The number of pyridine rings is 1. The molecule has 1 fully saturated rings. The average Bonchev–Trinajstić information content (AvgIpc) is 2.63. The predicted octanol–water partition coefficient (Wildman–Crippen LogP) is 2.37. The highest BCUT2D eigenvalue weighted by molar-refractivity contribution is 6.30. The second kappa shape index (κ2) is 7.53. The zero-order valence-corrected chi connectivity index (χ0v) is 14.6. The number of hydrogen-bond acceptors (Lipinski definition) is 5. The number of carbonyl (C=O) groups excluding carboxylic acids is 3. The van der Waals surface area contributed by atoms with Crippen molar-refractivity contribution in [3.63, 3.8) is 0 Å². The van der Waals surface area contributed by atoms with Crippen LogP contribution in [0.3, 0.4) is 0 Å². The van der Waals surface area contributed by atoms with Crippen LogP contribution in [0.25, 0.3) is 0 Å². The molecular weight excluding hydrogens is 356 g/mol. The monoisotopic (exact) mass is 372 g/mol. The molecule has 2 amide bonds. The van der Waals surface area contributed by atoms with Crippen molar-refractivity contribution in [3.05, 3.63) is 52.7 Å². The van der Waals surface area contributed by atoms with E-state index in [9.17, 15) is 14.4 Å². The van der Waals surface area contributed by atoms with Gasteiger partial charge in [-0.1, -0.05) is 17.7 Å². The molecule has 0 saturated carbocycles. The van der Waals surface area contributed by atoms with Crippen molar-refractivity contribution in [2.45, 2.75) is 12.8 Å². The first kappa shape index (κ1) is 17.9. The van der Waals surface area contributed by atoms with Gasteiger partial charge >= 0.3 is 0 Å². The fourth-order valence-electron chi connectivity index (χ4n) is 2.75. The molecule has 2 heterocycles. The van der Waals surface area contributed by atoms with E-state index in [-0.39, 0.29) is 28.5 Å². The topological polar surface area (TPSA) is 105 Å². The Balaban J connectivity index is 1.86. The molecule has 3 rings (SSSR count). The van der Waals surface area contributed by atoms with Gasteiger partial charge in [0, 0.05) is 37.8 Å². The van der Waals surface area contributed by atoms with Gasteiger partial charge < -0.3 is 16.0 Å². The average molecular weight is 373 g/mol. The summed E-state index contributed by atoms with van der Waals surface area (Å²) >= 11 is 5.78. The molecule has 0 radical (unpaired) electrons. The maximum absolute atomic E-state index is 12.9. The number of Topliss-reactive ketones (excluding diaryl/α,β-unsaturated/α-hetero) is 1. The van der Waals surface area contributed by atoms with Crippen LogP contribution in [0.1, 0.15) is 33.6 Å². The third-order valence-corrected chi connectivity index (χ3v) is 4.36. The molecule has 1 saturated heterocycles. The lowest BCUT2D eigenvalue weighted by atomic mass is 10.0. The van der Waals surface area contributed by atoms with Crippen LogP contribution < -0.4 is 11.1 Å². The first-order valence-electron chi connectivity index (χ1n) is 8.08. The highest BCUT2D eigenvalue weighted by atomic mass is 35.5. The molecule has 1 aromatic carbocycles. The maximum Gasteiger partial charge on any atom is 0.257 e. The van der Waals surface area contributed by atoms with E-state index in [0.29, 0.717) is 36.8 Å². The van der Waals surface area contributed by atoms with Crippen molar-refractivity contribution in [3.8, 4) is 0 Å². The molecule has 0 spiro atoms. The van der Waals surface area contributed by atoms with Crippen LogP contribution >= 0.6 is 11.6 Å². The second-order valence-electron chi connectivity index (χ2n) is 5.92. The van der Waals surface area contributed by atoms with Gasteiger partial charge in [0.05, 0.1) is 16.1 Å². The van der Waals surface area contributed by atoms with Gasteiger partial charge in [-0.3, -0.25) is 14.4 Å². The molecule has 1 aliphatic rings. The Hall–Kier alpha value is -2.93. The van der Waals surface area contributed by atoms with Crippen molar-refractivity contribution in [1.29, 1.82) is 0 Å². The number of nitrogens with zero attached hydrogens (tertiary/aromatic N) is 2. The zero-order valence-electron chi connectivity index (χ0n) is 13.9. The third kappa shape index (κ3) is 3.83. The molecule has 134 valence electrons. The van der Waals surface area contributed by atoms with Crippen LogP contribution in [0.5, 0.6) is 0 Å². The molecule has 3 N–H and O–H groups in total. The summed E-state index contributed by atoms with van der Waals surface area (Å²) in [6, 6.07) is 7.87. The molecular formula is C18H17ClN4O3. The van der Waals surface area contributed by atoms with Gasteiger partial charge in [0.1, 0.15) is 11.6 Å². The van der Waals surface area contributed by atoms with E-state index in [1.807, 2.05) is 0 Å². The maximum atomic E-state index is 12.9. The van der Waals surface area contributed by atoms with E-state index in [1.54, 1.807) is 29.2 Å². The Labute approximate surface area is 155 Å². The number of aromatic nitrogens is 1. The Morgan fingerprint density at radius 2 is 1.88 bits per heavy atom. The highest BCUT2D eigenvalue weighted by Gasteiger charge is 2.27. The Bertz CT molecular complexity index is 857. The summed E-state index contributed by atoms with van der Waals surface area (Å²) < 4.78 is 0. The van der Waals surface area contributed by atoms with E-state index in [0.717, 1.165) is 0 Å². The minimum absolute atomic E-state index is 0.127. The van der Waals surface area contributed by atoms with E-state index in [1.165, 1.54) is 12.3 Å². The first-order chi connectivity index (χ1) is 12.5. The van der Waals surface area contributed by atoms with Crippen LogP contribution in [-0.2, 0) is 4.79 Å². The van der Waals surface area contributed by atoms with Gasteiger partial charge in [-0.05, 0) is 24.3 Å². The number of ketones is 1. The number of rotatable bonds is 3. The summed E-state index contributed by atoms with van der Waals surface area (Å²) in [5.41, 5.74) is 6.48. The van der Waals surface area contributed by atoms with Gasteiger partial charge in [0.2, 0.25) is 0 Å². The number of benzene rings is 1. The van der Waals surface area contributed by atoms with Gasteiger partial charge in [0.15, 0.2) is 0 Å². The lowest BCUT2D eigenvalue weighted by Crippen LogP contribution is -2.39. The van der Waals surface area contributed by atoms with Gasteiger partial charge in [-0.25, -0.2) is 4.98 Å². The molecule has 8 heteroatoms. The minimum atomic E-state index is -0.497. The molecule has 0 bridgehead atoms. The van der Waals surface area contributed by atoms with E-state index in [4.69, 9.17) is 17.3 Å². The quantitative estimate of drug-likeness (QED) is 0.804. The van der Waals surface area contributed by atoms with Crippen molar-refractivity contribution < 1.29 is 14.4 Å². The standard InChI is InChI=1S/C18H17ClN4O3/c19-11-4-5-15(21-10-11)22-17(25)13-2-1-3-14(20)16(13)18(26)23-8-6-12(24)7-9-23/h1-5,10H,6-9,20H2,(H,21,22,25). The van der Waals surface area contributed by atoms with Crippen LogP contribution in [-0.4, -0.2) is 40.6 Å². The van der Waals surface area contributed by atoms with Crippen LogP contribution in [0.2, 0.25) is 5.02 Å². The number of carbonyl (C=O) groups is 3. The number of anilines is 2. The summed E-state index contributed by atoms with van der Waals surface area (Å²) in [7, 11) is 0. The summed E-state index contributed by atoms with van der Waals surface area (Å²) in [5.74, 6) is -0.418. The van der Waals surface area contributed by atoms with Crippen molar-refractivity contribution in [1.82, 2.24) is 9.88 Å². The fourth-order valence-corrected chi connectivity index (χ4v) is 2.86. The lowest BCUT2D eigenvalue weighted by molar-refractivity contribution is -0.120. The molecule has 0 aliphatic carbocycles. The molecule has 2 aromatic rings. The van der Waals surface area contributed by atoms with Crippen molar-refractivity contribution in [2.24, 2.45) is 0 Å². The van der Waals surface area contributed by atoms with Gasteiger partial charge in [-0.2, -0.15) is 0 Å². The van der Waals surface area contributed by atoms with Crippen molar-refractivity contribution in [2.75, 3.05) is 24.1 Å². The number of piperidine rings is 1. The minimum Gasteiger partial charge on any atom is -0.398 e. The van der Waals surface area contributed by atoms with Gasteiger partial charge in [0.25, 0.3) is 11.8 Å². The number of likely N-dealkylation sites (tertiary alicyclic amines) is 1. The summed E-state index contributed by atoms with van der Waals surface area (Å²) in [4.78, 5) is 42.5. The fraction of sp³-hybridized carbons (Fsp3) is 0.222. The Morgan fingerprint density at radius 3 is 2.54 bits per heavy atom.